The smallest absolute Gasteiger partial charge is 0.0948 e. The first-order chi connectivity index (χ1) is 8.62. The van der Waals surface area contributed by atoms with Crippen molar-refractivity contribution in [2.45, 2.75) is 38.1 Å². The van der Waals surface area contributed by atoms with Crippen molar-refractivity contribution >= 4 is 0 Å². The van der Waals surface area contributed by atoms with Gasteiger partial charge in [-0.2, -0.15) is 0 Å². The van der Waals surface area contributed by atoms with Gasteiger partial charge in [0.1, 0.15) is 0 Å². The first-order valence-electron chi connectivity index (χ1n) is 6.98. The normalized spacial score (nSPS) is 19.3. The third-order valence-corrected chi connectivity index (χ3v) is 4.04. The van der Waals surface area contributed by atoms with Crippen LogP contribution >= 0.6 is 0 Å². The van der Waals surface area contributed by atoms with Crippen LogP contribution in [0.5, 0.6) is 0 Å². The van der Waals surface area contributed by atoms with E-state index in [1.807, 2.05) is 6.33 Å². The molecule has 0 aliphatic carbocycles. The van der Waals surface area contributed by atoms with Gasteiger partial charge in [0.2, 0.25) is 0 Å². The van der Waals surface area contributed by atoms with Gasteiger partial charge >= 0.3 is 0 Å². The van der Waals surface area contributed by atoms with E-state index in [2.05, 4.69) is 47.0 Å². The van der Waals surface area contributed by atoms with Crippen LogP contribution in [0.1, 0.15) is 31.9 Å². The van der Waals surface area contributed by atoms with Crippen LogP contribution in [0.3, 0.4) is 0 Å². The zero-order valence-corrected chi connectivity index (χ0v) is 11.9. The maximum atomic E-state index is 4.37. The van der Waals surface area contributed by atoms with Gasteiger partial charge in [0, 0.05) is 23.9 Å². The fraction of sp³-hybridized carbons (Fsp3) is 0.786. The minimum atomic E-state index is 0.305. The zero-order chi connectivity index (χ0) is 13.0. The Hall–Kier alpha value is -0.870. The number of imidazole rings is 1. The van der Waals surface area contributed by atoms with E-state index in [1.54, 1.807) is 0 Å². The van der Waals surface area contributed by atoms with E-state index in [-0.39, 0.29) is 0 Å². The molecule has 2 rings (SSSR count). The van der Waals surface area contributed by atoms with Crippen LogP contribution in [0.15, 0.2) is 12.5 Å². The van der Waals surface area contributed by atoms with Gasteiger partial charge in [-0.25, -0.2) is 4.98 Å². The van der Waals surface area contributed by atoms with E-state index in [0.29, 0.717) is 5.41 Å². The third kappa shape index (κ3) is 3.12. The summed E-state index contributed by atoms with van der Waals surface area (Å²) in [5.74, 6) is 0. The average molecular weight is 250 g/mol. The van der Waals surface area contributed by atoms with Crippen molar-refractivity contribution < 1.29 is 0 Å². The topological polar surface area (TPSA) is 33.1 Å². The Morgan fingerprint density at radius 2 is 2.11 bits per heavy atom. The number of hydrogen-bond donors (Lipinski definition) is 1. The standard InChI is InChI=1S/C14H26N4/c1-14(5-7-15-8-6-14)13-11-16-12-18(13)10-4-9-17(2)3/h11-12,15H,4-10H2,1-3H3. The Balaban J connectivity index is 2.02. The largest absolute Gasteiger partial charge is 0.334 e. The van der Waals surface area contributed by atoms with Crippen molar-refractivity contribution in [3.8, 4) is 0 Å². The van der Waals surface area contributed by atoms with Gasteiger partial charge in [0.25, 0.3) is 0 Å². The summed E-state index contributed by atoms with van der Waals surface area (Å²) >= 11 is 0. The quantitative estimate of drug-likeness (QED) is 0.859. The van der Waals surface area contributed by atoms with Crippen LogP contribution in [0.2, 0.25) is 0 Å². The highest BCUT2D eigenvalue weighted by atomic mass is 15.1. The summed E-state index contributed by atoms with van der Waals surface area (Å²) in [6, 6.07) is 0. The molecule has 1 N–H and O–H groups in total. The maximum absolute atomic E-state index is 4.37. The summed E-state index contributed by atoms with van der Waals surface area (Å²) in [5.41, 5.74) is 1.72. The fourth-order valence-corrected chi connectivity index (χ4v) is 2.79. The number of aryl methyl sites for hydroxylation is 1. The lowest BCUT2D eigenvalue weighted by Gasteiger charge is -2.34. The third-order valence-electron chi connectivity index (χ3n) is 4.04. The lowest BCUT2D eigenvalue weighted by molar-refractivity contribution is 0.312. The number of nitrogens with zero attached hydrogens (tertiary/aromatic N) is 3. The summed E-state index contributed by atoms with van der Waals surface area (Å²) in [5, 5.41) is 3.44. The molecular weight excluding hydrogens is 224 g/mol. The second kappa shape index (κ2) is 5.85. The lowest BCUT2D eigenvalue weighted by Crippen LogP contribution is -2.39. The molecule has 0 atom stereocenters. The molecule has 0 saturated carbocycles. The molecule has 0 bridgehead atoms. The van der Waals surface area contributed by atoms with Crippen LogP contribution in [0.25, 0.3) is 0 Å². The summed E-state index contributed by atoms with van der Waals surface area (Å²) in [6.45, 7) is 6.85. The van der Waals surface area contributed by atoms with Gasteiger partial charge in [-0.05, 0) is 53.0 Å². The summed E-state index contributed by atoms with van der Waals surface area (Å²) in [7, 11) is 4.26. The average Bonchev–Trinajstić information content (AvgIpc) is 2.78. The monoisotopic (exact) mass is 250 g/mol. The Morgan fingerprint density at radius 3 is 2.78 bits per heavy atom. The second-order valence-electron chi connectivity index (χ2n) is 5.94. The summed E-state index contributed by atoms with van der Waals surface area (Å²) in [6.07, 6.45) is 7.68. The Labute approximate surface area is 110 Å². The molecule has 1 aromatic rings. The molecular formula is C14H26N4. The molecule has 0 unspecified atom stereocenters. The Bertz CT molecular complexity index is 364. The molecule has 0 radical (unpaired) electrons. The molecule has 102 valence electrons. The number of aromatic nitrogens is 2. The van der Waals surface area contributed by atoms with Crippen molar-refractivity contribution in [3.05, 3.63) is 18.2 Å². The molecule has 18 heavy (non-hydrogen) atoms. The maximum Gasteiger partial charge on any atom is 0.0948 e. The van der Waals surface area contributed by atoms with Gasteiger partial charge in [0.15, 0.2) is 0 Å². The van der Waals surface area contributed by atoms with E-state index in [4.69, 9.17) is 0 Å². The minimum Gasteiger partial charge on any atom is -0.334 e. The zero-order valence-electron chi connectivity index (χ0n) is 11.9. The summed E-state index contributed by atoms with van der Waals surface area (Å²) in [4.78, 5) is 6.61. The van der Waals surface area contributed by atoms with Gasteiger partial charge in [-0.3, -0.25) is 0 Å². The van der Waals surface area contributed by atoms with Crippen LogP contribution in [-0.4, -0.2) is 48.2 Å². The van der Waals surface area contributed by atoms with E-state index < -0.39 is 0 Å². The molecule has 4 heteroatoms. The number of piperidine rings is 1. The highest BCUT2D eigenvalue weighted by Gasteiger charge is 2.31. The highest BCUT2D eigenvalue weighted by molar-refractivity contribution is 5.15. The van der Waals surface area contributed by atoms with Gasteiger partial charge in [-0.1, -0.05) is 6.92 Å². The molecule has 1 saturated heterocycles. The minimum absolute atomic E-state index is 0.305. The van der Waals surface area contributed by atoms with Crippen molar-refractivity contribution in [2.75, 3.05) is 33.7 Å². The molecule has 0 spiro atoms. The SMILES string of the molecule is CN(C)CCCn1cncc1C1(C)CCNCC1. The fourth-order valence-electron chi connectivity index (χ4n) is 2.79. The molecule has 4 nitrogen and oxygen atoms in total. The Morgan fingerprint density at radius 1 is 1.39 bits per heavy atom. The molecule has 1 fully saturated rings. The van der Waals surface area contributed by atoms with Crippen molar-refractivity contribution in [1.82, 2.24) is 19.8 Å². The van der Waals surface area contributed by atoms with Crippen LogP contribution in [0, 0.1) is 0 Å². The first-order valence-corrected chi connectivity index (χ1v) is 6.98. The molecule has 1 aromatic heterocycles. The van der Waals surface area contributed by atoms with E-state index in [9.17, 15) is 0 Å². The van der Waals surface area contributed by atoms with Crippen molar-refractivity contribution in [3.63, 3.8) is 0 Å². The molecule has 0 aromatic carbocycles. The van der Waals surface area contributed by atoms with Gasteiger partial charge in [-0.15, -0.1) is 0 Å². The number of rotatable bonds is 5. The number of nitrogens with one attached hydrogen (secondary N) is 1. The molecule has 1 aliphatic rings. The number of hydrogen-bond acceptors (Lipinski definition) is 3. The van der Waals surface area contributed by atoms with E-state index in [0.717, 1.165) is 26.2 Å². The highest BCUT2D eigenvalue weighted by Crippen LogP contribution is 2.32. The van der Waals surface area contributed by atoms with Gasteiger partial charge in [0.05, 0.1) is 6.33 Å². The predicted molar refractivity (Wildman–Crippen MR) is 74.9 cm³/mol. The van der Waals surface area contributed by atoms with Crippen LogP contribution in [0.4, 0.5) is 0 Å². The van der Waals surface area contributed by atoms with Gasteiger partial charge < -0.3 is 14.8 Å². The molecule has 2 heterocycles. The molecule has 1 aliphatic heterocycles. The molecule has 0 amide bonds. The van der Waals surface area contributed by atoms with Crippen LogP contribution in [-0.2, 0) is 12.0 Å². The van der Waals surface area contributed by atoms with E-state index in [1.165, 1.54) is 25.0 Å². The van der Waals surface area contributed by atoms with Crippen molar-refractivity contribution in [2.24, 2.45) is 0 Å². The Kier molecular flexibility index (Phi) is 4.40. The first kappa shape index (κ1) is 13.6. The second-order valence-corrected chi connectivity index (χ2v) is 5.94. The van der Waals surface area contributed by atoms with Crippen LogP contribution < -0.4 is 5.32 Å². The van der Waals surface area contributed by atoms with Crippen molar-refractivity contribution in [1.29, 1.82) is 0 Å². The van der Waals surface area contributed by atoms with E-state index >= 15 is 0 Å². The predicted octanol–water partition coefficient (Wildman–Crippen LogP) is 1.48. The lowest BCUT2D eigenvalue weighted by atomic mass is 9.78. The summed E-state index contributed by atoms with van der Waals surface area (Å²) < 4.78 is 2.36.